The quantitative estimate of drug-likeness (QED) is 0.761. The maximum absolute atomic E-state index is 11.5. The molecule has 0 bridgehead atoms. The number of hydrogen-bond donors (Lipinski definition) is 3. The van der Waals surface area contributed by atoms with Gasteiger partial charge in [0.15, 0.2) is 5.69 Å². The Hall–Kier alpha value is -2.42. The minimum Gasteiger partial charge on any atom is -0.476 e. The minimum absolute atomic E-state index is 0.0229. The van der Waals surface area contributed by atoms with Crippen LogP contribution in [0.1, 0.15) is 27.0 Å². The van der Waals surface area contributed by atoms with Crippen LogP contribution in [0.5, 0.6) is 0 Å². The average molecular weight is 296 g/mol. The monoisotopic (exact) mass is 296 g/mol. The number of rotatable bonds is 5. The van der Waals surface area contributed by atoms with Gasteiger partial charge in [-0.1, -0.05) is 5.16 Å². The van der Waals surface area contributed by atoms with Gasteiger partial charge in [-0.25, -0.2) is 14.6 Å². The first-order chi connectivity index (χ1) is 9.54. The maximum atomic E-state index is 11.5. The van der Waals surface area contributed by atoms with Crippen molar-refractivity contribution in [2.24, 2.45) is 0 Å². The fourth-order valence-corrected chi connectivity index (χ4v) is 2.09. The van der Waals surface area contributed by atoms with Gasteiger partial charge in [0, 0.05) is 11.4 Å². The Kier molecular flexibility index (Phi) is 4.31. The van der Waals surface area contributed by atoms with Crippen LogP contribution < -0.4 is 10.6 Å². The summed E-state index contributed by atoms with van der Waals surface area (Å²) in [5.74, 6) is -0.412. The van der Waals surface area contributed by atoms with Crippen molar-refractivity contribution in [3.63, 3.8) is 0 Å². The third-order valence-electron chi connectivity index (χ3n) is 2.28. The number of amides is 2. The largest absolute Gasteiger partial charge is 0.476 e. The molecule has 0 unspecified atom stereocenters. The van der Waals surface area contributed by atoms with Gasteiger partial charge in [-0.2, -0.15) is 0 Å². The van der Waals surface area contributed by atoms with Crippen molar-refractivity contribution in [1.82, 2.24) is 20.8 Å². The van der Waals surface area contributed by atoms with Gasteiger partial charge in [-0.05, 0) is 6.92 Å². The molecule has 0 aliphatic rings. The van der Waals surface area contributed by atoms with Crippen molar-refractivity contribution >= 4 is 23.3 Å². The molecule has 0 fully saturated rings. The molecule has 0 aromatic carbocycles. The van der Waals surface area contributed by atoms with Crippen LogP contribution in [0.3, 0.4) is 0 Å². The summed E-state index contributed by atoms with van der Waals surface area (Å²) in [6, 6.07) is 1.33. The Labute approximate surface area is 117 Å². The molecule has 0 radical (unpaired) electrons. The molecule has 0 saturated heterocycles. The lowest BCUT2D eigenvalue weighted by molar-refractivity contribution is 0.0691. The lowest BCUT2D eigenvalue weighted by atomic mass is 10.4. The molecule has 3 N–H and O–H groups in total. The smallest absolute Gasteiger partial charge is 0.355 e. The fraction of sp³-hybridized carbons (Fsp3) is 0.273. The summed E-state index contributed by atoms with van der Waals surface area (Å²) >= 11 is 1.18. The van der Waals surface area contributed by atoms with Gasteiger partial charge in [0.25, 0.3) is 0 Å². The zero-order valence-corrected chi connectivity index (χ0v) is 11.4. The van der Waals surface area contributed by atoms with Crippen LogP contribution in [0.15, 0.2) is 16.0 Å². The van der Waals surface area contributed by atoms with Crippen molar-refractivity contribution in [3.8, 4) is 0 Å². The number of thiazole rings is 1. The summed E-state index contributed by atoms with van der Waals surface area (Å²) in [5, 5.41) is 19.6. The highest BCUT2D eigenvalue weighted by atomic mass is 32.1. The Morgan fingerprint density at radius 1 is 1.40 bits per heavy atom. The van der Waals surface area contributed by atoms with Crippen molar-refractivity contribution in [2.75, 3.05) is 0 Å². The summed E-state index contributed by atoms with van der Waals surface area (Å²) in [5.41, 5.74) is 0.602. The number of urea groups is 1. The van der Waals surface area contributed by atoms with E-state index < -0.39 is 12.0 Å². The van der Waals surface area contributed by atoms with E-state index in [-0.39, 0.29) is 18.8 Å². The van der Waals surface area contributed by atoms with E-state index in [1.54, 1.807) is 13.0 Å². The second-order valence-corrected chi connectivity index (χ2v) is 4.84. The van der Waals surface area contributed by atoms with Crippen molar-refractivity contribution in [1.29, 1.82) is 0 Å². The number of aryl methyl sites for hydroxylation is 1. The molecule has 2 heterocycles. The summed E-state index contributed by atoms with van der Waals surface area (Å²) in [4.78, 5) is 26.0. The van der Waals surface area contributed by atoms with E-state index in [9.17, 15) is 9.59 Å². The number of carbonyl (C=O) groups is 2. The molecular weight excluding hydrogens is 284 g/mol. The van der Waals surface area contributed by atoms with Crippen LogP contribution in [-0.4, -0.2) is 27.2 Å². The minimum atomic E-state index is -1.08. The maximum Gasteiger partial charge on any atom is 0.355 e. The van der Waals surface area contributed by atoms with E-state index in [0.717, 1.165) is 0 Å². The zero-order chi connectivity index (χ0) is 14.5. The van der Waals surface area contributed by atoms with Gasteiger partial charge in [0.05, 0.1) is 13.1 Å². The first-order valence-electron chi connectivity index (χ1n) is 5.66. The molecular formula is C11H12N4O4S. The lowest BCUT2D eigenvalue weighted by Gasteiger charge is -2.03. The predicted molar refractivity (Wildman–Crippen MR) is 69.4 cm³/mol. The van der Waals surface area contributed by atoms with E-state index in [4.69, 9.17) is 9.63 Å². The van der Waals surface area contributed by atoms with Crippen molar-refractivity contribution in [3.05, 3.63) is 33.6 Å². The third-order valence-corrected chi connectivity index (χ3v) is 3.13. The normalized spacial score (nSPS) is 10.2. The molecule has 2 amide bonds. The number of nitrogens with one attached hydrogen (secondary N) is 2. The van der Waals surface area contributed by atoms with Crippen LogP contribution >= 0.6 is 11.3 Å². The Balaban J connectivity index is 1.75. The molecule has 0 aliphatic carbocycles. The number of carboxylic acids is 1. The molecule has 0 saturated carbocycles. The van der Waals surface area contributed by atoms with E-state index in [2.05, 4.69) is 20.8 Å². The Bertz CT molecular complexity index is 621. The van der Waals surface area contributed by atoms with Crippen LogP contribution in [0, 0.1) is 6.92 Å². The molecule has 8 nitrogen and oxygen atoms in total. The molecule has 9 heteroatoms. The fourth-order valence-electron chi connectivity index (χ4n) is 1.38. The second-order valence-electron chi connectivity index (χ2n) is 3.90. The molecule has 2 rings (SSSR count). The summed E-state index contributed by atoms with van der Waals surface area (Å²) < 4.78 is 4.87. The Morgan fingerprint density at radius 2 is 2.15 bits per heavy atom. The molecule has 2 aromatic rings. The molecule has 2 aromatic heterocycles. The van der Waals surface area contributed by atoms with Gasteiger partial charge in [0.2, 0.25) is 0 Å². The number of aromatic nitrogens is 2. The molecule has 0 spiro atoms. The van der Waals surface area contributed by atoms with Crippen LogP contribution in [0.25, 0.3) is 0 Å². The van der Waals surface area contributed by atoms with Crippen LogP contribution in [-0.2, 0) is 13.1 Å². The number of aromatic carboxylic acids is 1. The number of carboxylic acid groups (broad SMARTS) is 1. The lowest BCUT2D eigenvalue weighted by Crippen LogP contribution is -2.34. The van der Waals surface area contributed by atoms with Gasteiger partial charge in [-0.3, -0.25) is 0 Å². The highest BCUT2D eigenvalue weighted by molar-refractivity contribution is 7.09. The van der Waals surface area contributed by atoms with E-state index in [0.29, 0.717) is 16.5 Å². The Morgan fingerprint density at radius 3 is 2.75 bits per heavy atom. The average Bonchev–Trinajstić information content (AvgIpc) is 3.03. The predicted octanol–water partition coefficient (Wildman–Crippen LogP) is 1.14. The zero-order valence-electron chi connectivity index (χ0n) is 10.5. The van der Waals surface area contributed by atoms with E-state index >= 15 is 0 Å². The van der Waals surface area contributed by atoms with Crippen LogP contribution in [0.4, 0.5) is 4.79 Å². The van der Waals surface area contributed by atoms with Crippen LogP contribution in [0.2, 0.25) is 0 Å². The highest BCUT2D eigenvalue weighted by Gasteiger charge is 2.09. The highest BCUT2D eigenvalue weighted by Crippen LogP contribution is 2.09. The van der Waals surface area contributed by atoms with Gasteiger partial charge in [-0.15, -0.1) is 11.3 Å². The summed E-state index contributed by atoms with van der Waals surface area (Å²) in [7, 11) is 0. The van der Waals surface area contributed by atoms with Crippen molar-refractivity contribution < 1.29 is 19.2 Å². The second kappa shape index (κ2) is 6.15. The summed E-state index contributed by atoms with van der Waals surface area (Å²) in [6.45, 7) is 2.18. The standard InChI is InChI=1S/C11H12N4O4S/c1-6-2-7(15-19-6)3-12-11(18)13-4-9-14-8(5-20-9)10(16)17/h2,5H,3-4H2,1H3,(H,16,17)(H2,12,13,18). The van der Waals surface area contributed by atoms with Gasteiger partial charge in [0.1, 0.15) is 16.5 Å². The van der Waals surface area contributed by atoms with E-state index in [1.165, 1.54) is 16.7 Å². The van der Waals surface area contributed by atoms with E-state index in [1.807, 2.05) is 0 Å². The third kappa shape index (κ3) is 3.79. The van der Waals surface area contributed by atoms with Gasteiger partial charge < -0.3 is 20.3 Å². The molecule has 20 heavy (non-hydrogen) atoms. The molecule has 106 valence electrons. The molecule has 0 atom stereocenters. The molecule has 0 aliphatic heterocycles. The number of nitrogens with zero attached hydrogens (tertiary/aromatic N) is 2. The number of hydrogen-bond acceptors (Lipinski definition) is 6. The number of carbonyl (C=O) groups excluding carboxylic acids is 1. The topological polar surface area (TPSA) is 117 Å². The SMILES string of the molecule is Cc1cc(CNC(=O)NCc2nc(C(=O)O)cs2)no1. The van der Waals surface area contributed by atoms with Gasteiger partial charge >= 0.3 is 12.0 Å². The first kappa shape index (κ1) is 14.0. The summed E-state index contributed by atoms with van der Waals surface area (Å²) in [6.07, 6.45) is 0. The van der Waals surface area contributed by atoms with Crippen molar-refractivity contribution in [2.45, 2.75) is 20.0 Å². The first-order valence-corrected chi connectivity index (χ1v) is 6.54.